The van der Waals surface area contributed by atoms with Crippen molar-refractivity contribution in [1.82, 2.24) is 30.1 Å². The summed E-state index contributed by atoms with van der Waals surface area (Å²) in [5.74, 6) is 0.680. The lowest BCUT2D eigenvalue weighted by atomic mass is 10.0. The number of aromatic amines is 2. The van der Waals surface area contributed by atoms with Gasteiger partial charge in [-0.05, 0) is 47.7 Å². The normalized spacial score (nSPS) is 11.4. The van der Waals surface area contributed by atoms with Crippen LogP contribution >= 0.6 is 11.3 Å². The summed E-state index contributed by atoms with van der Waals surface area (Å²) in [6.07, 6.45) is 7.61. The molecule has 36 heavy (non-hydrogen) atoms. The SMILES string of the molecule is CCCCC(=O)Nc1cncc(-c2ccc3[nH]nc(-c4nc5c(-c6cccs6)nccc5[nH]4)c3c2)c1. The first kappa shape index (κ1) is 22.1. The number of hydrogen-bond donors (Lipinski definition) is 3. The third kappa shape index (κ3) is 4.14. The highest BCUT2D eigenvalue weighted by Crippen LogP contribution is 2.33. The Hall–Kier alpha value is -4.37. The molecule has 0 fully saturated rings. The Morgan fingerprint density at radius 2 is 2.00 bits per heavy atom. The molecule has 0 bridgehead atoms. The number of pyridine rings is 2. The smallest absolute Gasteiger partial charge is 0.224 e. The standard InChI is InChI=1S/C27H23N7OS/c1-2-3-6-23(35)30-18-12-17(14-28-15-18)16-7-8-20-19(13-16)24(34-33-20)27-31-21-9-10-29-26(25(21)32-27)22-5-4-11-36-22/h4-5,7-15H,2-3,6H2,1H3,(H,30,35)(H,31,32)(H,33,34). The zero-order valence-corrected chi connectivity index (χ0v) is 20.4. The topological polar surface area (TPSA) is 112 Å². The van der Waals surface area contributed by atoms with Crippen LogP contribution in [0.4, 0.5) is 5.69 Å². The second kappa shape index (κ2) is 9.35. The number of carbonyl (C=O) groups is 1. The van der Waals surface area contributed by atoms with Crippen molar-refractivity contribution < 1.29 is 4.79 Å². The lowest BCUT2D eigenvalue weighted by Gasteiger charge is -2.07. The molecule has 9 heteroatoms. The van der Waals surface area contributed by atoms with Gasteiger partial charge in [0.1, 0.15) is 16.9 Å². The molecule has 8 nitrogen and oxygen atoms in total. The average Bonchev–Trinajstić information content (AvgIpc) is 3.66. The van der Waals surface area contributed by atoms with Crippen LogP contribution in [0.15, 0.2) is 66.4 Å². The summed E-state index contributed by atoms with van der Waals surface area (Å²) >= 11 is 1.64. The van der Waals surface area contributed by atoms with Gasteiger partial charge in [0.15, 0.2) is 5.82 Å². The monoisotopic (exact) mass is 493 g/mol. The van der Waals surface area contributed by atoms with Gasteiger partial charge in [-0.25, -0.2) is 4.98 Å². The van der Waals surface area contributed by atoms with Gasteiger partial charge in [0.05, 0.1) is 27.8 Å². The molecule has 0 radical (unpaired) electrons. The number of thiophene rings is 1. The van der Waals surface area contributed by atoms with Crippen LogP contribution in [0.3, 0.4) is 0 Å². The van der Waals surface area contributed by atoms with Crippen molar-refractivity contribution in [2.45, 2.75) is 26.2 Å². The van der Waals surface area contributed by atoms with Crippen LogP contribution in [0, 0.1) is 0 Å². The van der Waals surface area contributed by atoms with E-state index in [4.69, 9.17) is 4.98 Å². The number of nitrogens with zero attached hydrogens (tertiary/aromatic N) is 4. The summed E-state index contributed by atoms with van der Waals surface area (Å²) in [4.78, 5) is 30.4. The largest absolute Gasteiger partial charge is 0.336 e. The molecule has 178 valence electrons. The number of anilines is 1. The van der Waals surface area contributed by atoms with Crippen molar-refractivity contribution in [3.63, 3.8) is 0 Å². The molecule has 0 atom stereocenters. The fourth-order valence-corrected chi connectivity index (χ4v) is 4.96. The van der Waals surface area contributed by atoms with E-state index in [-0.39, 0.29) is 5.91 Å². The van der Waals surface area contributed by atoms with Crippen molar-refractivity contribution in [2.24, 2.45) is 0 Å². The molecule has 1 aromatic carbocycles. The highest BCUT2D eigenvalue weighted by molar-refractivity contribution is 7.13. The number of unbranched alkanes of at least 4 members (excludes halogenated alkanes) is 1. The number of carbonyl (C=O) groups excluding carboxylic acids is 1. The van der Waals surface area contributed by atoms with Gasteiger partial charge in [-0.15, -0.1) is 11.3 Å². The maximum absolute atomic E-state index is 12.2. The van der Waals surface area contributed by atoms with E-state index >= 15 is 0 Å². The molecule has 1 amide bonds. The molecule has 0 aliphatic carbocycles. The maximum Gasteiger partial charge on any atom is 0.224 e. The number of imidazole rings is 1. The molecule has 0 aliphatic rings. The second-order valence-corrected chi connectivity index (χ2v) is 9.51. The zero-order chi connectivity index (χ0) is 24.5. The molecule has 5 aromatic heterocycles. The lowest BCUT2D eigenvalue weighted by Crippen LogP contribution is -2.11. The highest BCUT2D eigenvalue weighted by Gasteiger charge is 2.17. The van der Waals surface area contributed by atoms with Crippen molar-refractivity contribution in [3.05, 3.63) is 66.4 Å². The molecule has 0 unspecified atom stereocenters. The van der Waals surface area contributed by atoms with Gasteiger partial charge in [-0.1, -0.05) is 25.5 Å². The van der Waals surface area contributed by atoms with Crippen molar-refractivity contribution in [3.8, 4) is 33.2 Å². The third-order valence-electron chi connectivity index (χ3n) is 6.06. The fraction of sp³-hybridized carbons (Fsp3) is 0.148. The molecule has 0 aliphatic heterocycles. The van der Waals surface area contributed by atoms with Crippen LogP contribution in [-0.4, -0.2) is 36.0 Å². The number of rotatable bonds is 7. The minimum absolute atomic E-state index is 0.00432. The summed E-state index contributed by atoms with van der Waals surface area (Å²) in [6, 6.07) is 14.0. The van der Waals surface area contributed by atoms with Crippen molar-refractivity contribution in [2.75, 3.05) is 5.32 Å². The van der Waals surface area contributed by atoms with E-state index in [0.29, 0.717) is 17.9 Å². The number of aromatic nitrogens is 6. The van der Waals surface area contributed by atoms with Crippen LogP contribution < -0.4 is 5.32 Å². The third-order valence-corrected chi connectivity index (χ3v) is 6.93. The van der Waals surface area contributed by atoms with Gasteiger partial charge in [-0.3, -0.25) is 19.9 Å². The summed E-state index contributed by atoms with van der Waals surface area (Å²) in [5.41, 5.74) is 6.79. The number of benzene rings is 1. The molecule has 6 rings (SSSR count). The van der Waals surface area contributed by atoms with Crippen molar-refractivity contribution >= 4 is 44.9 Å². The zero-order valence-electron chi connectivity index (χ0n) is 19.6. The maximum atomic E-state index is 12.2. The highest BCUT2D eigenvalue weighted by atomic mass is 32.1. The van der Waals surface area contributed by atoms with Crippen molar-refractivity contribution in [1.29, 1.82) is 0 Å². The predicted molar refractivity (Wildman–Crippen MR) is 144 cm³/mol. The molecule has 0 saturated heterocycles. The first-order valence-corrected chi connectivity index (χ1v) is 12.7. The van der Waals surface area contributed by atoms with Gasteiger partial charge < -0.3 is 10.3 Å². The van der Waals surface area contributed by atoms with Crippen LogP contribution in [0.25, 0.3) is 55.2 Å². The number of hydrogen-bond acceptors (Lipinski definition) is 6. The number of fused-ring (bicyclic) bond motifs is 2. The molecular weight excluding hydrogens is 470 g/mol. The average molecular weight is 494 g/mol. The summed E-state index contributed by atoms with van der Waals surface area (Å²) in [7, 11) is 0. The minimum Gasteiger partial charge on any atom is -0.336 e. The first-order chi connectivity index (χ1) is 17.7. The Bertz CT molecular complexity index is 1680. The summed E-state index contributed by atoms with van der Waals surface area (Å²) < 4.78 is 0. The Balaban J connectivity index is 1.37. The van der Waals surface area contributed by atoms with Crippen LogP contribution in [0.1, 0.15) is 26.2 Å². The van der Waals surface area contributed by atoms with E-state index in [2.05, 4.69) is 43.5 Å². The first-order valence-electron chi connectivity index (χ1n) is 11.8. The molecule has 6 aromatic rings. The van der Waals surface area contributed by atoms with E-state index in [1.807, 2.05) is 41.8 Å². The second-order valence-electron chi connectivity index (χ2n) is 8.57. The van der Waals surface area contributed by atoms with E-state index in [0.717, 1.165) is 62.2 Å². The Morgan fingerprint density at radius 1 is 1.06 bits per heavy atom. The van der Waals surface area contributed by atoms with Crippen LogP contribution in [-0.2, 0) is 4.79 Å². The number of H-pyrrole nitrogens is 2. The molecule has 0 saturated carbocycles. The van der Waals surface area contributed by atoms with Crippen LogP contribution in [0.2, 0.25) is 0 Å². The summed E-state index contributed by atoms with van der Waals surface area (Å²) in [5, 5.41) is 13.6. The van der Waals surface area contributed by atoms with E-state index in [9.17, 15) is 4.79 Å². The number of amides is 1. The molecular formula is C27H23N7OS. The molecule has 5 heterocycles. The van der Waals surface area contributed by atoms with Gasteiger partial charge in [0.2, 0.25) is 5.91 Å². The lowest BCUT2D eigenvalue weighted by molar-refractivity contribution is -0.116. The quantitative estimate of drug-likeness (QED) is 0.237. The van der Waals surface area contributed by atoms with Gasteiger partial charge in [0.25, 0.3) is 0 Å². The number of nitrogens with one attached hydrogen (secondary N) is 3. The fourth-order valence-electron chi connectivity index (χ4n) is 4.24. The Labute approximate surface area is 210 Å². The van der Waals surface area contributed by atoms with Gasteiger partial charge >= 0.3 is 0 Å². The van der Waals surface area contributed by atoms with Gasteiger partial charge in [0, 0.05) is 29.8 Å². The Kier molecular flexibility index (Phi) is 5.74. The van der Waals surface area contributed by atoms with E-state index < -0.39 is 0 Å². The minimum atomic E-state index is 0.00432. The van der Waals surface area contributed by atoms with Crippen LogP contribution in [0.5, 0.6) is 0 Å². The molecule has 3 N–H and O–H groups in total. The molecule has 0 spiro atoms. The van der Waals surface area contributed by atoms with E-state index in [1.165, 1.54) is 0 Å². The summed E-state index contributed by atoms with van der Waals surface area (Å²) in [6.45, 7) is 2.07. The predicted octanol–water partition coefficient (Wildman–Crippen LogP) is 6.42. The van der Waals surface area contributed by atoms with Gasteiger partial charge in [-0.2, -0.15) is 5.10 Å². The Morgan fingerprint density at radius 3 is 2.86 bits per heavy atom. The van der Waals surface area contributed by atoms with E-state index in [1.54, 1.807) is 29.9 Å².